The van der Waals surface area contributed by atoms with Gasteiger partial charge in [-0.05, 0) is 17.2 Å². The van der Waals surface area contributed by atoms with E-state index in [2.05, 4.69) is 0 Å². The first-order chi connectivity index (χ1) is 9.15. The zero-order chi connectivity index (χ0) is 13.4. The third-order valence-corrected chi connectivity index (χ3v) is 3.21. The van der Waals surface area contributed by atoms with Crippen molar-refractivity contribution in [1.29, 1.82) is 0 Å². The number of hydrogen-bond acceptors (Lipinski definition) is 4. The predicted octanol–water partition coefficient (Wildman–Crippen LogP) is 2.55. The fourth-order valence-corrected chi connectivity index (χ4v) is 2.35. The molecule has 0 spiro atoms. The number of aromatic hydroxyl groups is 2. The lowest BCUT2D eigenvalue weighted by molar-refractivity contribution is 0.0248. The Morgan fingerprint density at radius 3 is 2.58 bits per heavy atom. The highest BCUT2D eigenvalue weighted by molar-refractivity contribution is 5.95. The second kappa shape index (κ2) is 4.31. The van der Waals surface area contributed by atoms with E-state index in [1.165, 1.54) is 6.07 Å². The Morgan fingerprint density at radius 1 is 1.11 bits per heavy atom. The van der Waals surface area contributed by atoms with Crippen molar-refractivity contribution in [3.63, 3.8) is 0 Å². The molecule has 4 nitrogen and oxygen atoms in total. The van der Waals surface area contributed by atoms with Crippen LogP contribution in [0.1, 0.15) is 27.6 Å². The summed E-state index contributed by atoms with van der Waals surface area (Å²) in [5.41, 5.74) is 1.64. The van der Waals surface area contributed by atoms with Crippen LogP contribution < -0.4 is 0 Å². The molecular formula is C15H12O4. The minimum Gasteiger partial charge on any atom is -0.508 e. The van der Waals surface area contributed by atoms with Crippen LogP contribution in [0, 0.1) is 0 Å². The number of phenolic OH excluding ortho intramolecular Hbond substituents is 2. The molecule has 1 aliphatic rings. The maximum Gasteiger partial charge on any atom is 0.342 e. The van der Waals surface area contributed by atoms with Crippen LogP contribution >= 0.6 is 0 Å². The van der Waals surface area contributed by atoms with Gasteiger partial charge in [0.05, 0.1) is 0 Å². The van der Waals surface area contributed by atoms with Gasteiger partial charge in [0.2, 0.25) is 0 Å². The quantitative estimate of drug-likeness (QED) is 0.769. The Balaban J connectivity index is 2.03. The zero-order valence-electron chi connectivity index (χ0n) is 10.0. The largest absolute Gasteiger partial charge is 0.508 e. The summed E-state index contributed by atoms with van der Waals surface area (Å²) < 4.78 is 5.34. The van der Waals surface area contributed by atoms with E-state index >= 15 is 0 Å². The summed E-state index contributed by atoms with van der Waals surface area (Å²) in [5.74, 6) is -0.864. The average Bonchev–Trinajstić information content (AvgIpc) is 2.38. The third kappa shape index (κ3) is 2.01. The van der Waals surface area contributed by atoms with Crippen LogP contribution in [-0.2, 0) is 11.2 Å². The number of ether oxygens (including phenoxy) is 1. The van der Waals surface area contributed by atoms with Crippen LogP contribution in [0.4, 0.5) is 0 Å². The lowest BCUT2D eigenvalue weighted by Crippen LogP contribution is -2.21. The summed E-state index contributed by atoms with van der Waals surface area (Å²) in [5, 5.41) is 19.2. The molecule has 0 fully saturated rings. The average molecular weight is 256 g/mol. The SMILES string of the molecule is O=C1OC(c2ccccc2)Cc2cc(O)cc(O)c21. The van der Waals surface area contributed by atoms with Gasteiger partial charge in [0, 0.05) is 12.5 Å². The van der Waals surface area contributed by atoms with Crippen molar-refractivity contribution in [2.24, 2.45) is 0 Å². The Hall–Kier alpha value is -2.49. The molecule has 1 unspecified atom stereocenters. The molecule has 2 N–H and O–H groups in total. The molecule has 3 rings (SSSR count). The lowest BCUT2D eigenvalue weighted by atomic mass is 9.94. The van der Waals surface area contributed by atoms with E-state index in [0.29, 0.717) is 12.0 Å². The Kier molecular flexibility index (Phi) is 2.63. The summed E-state index contributed by atoms with van der Waals surface area (Å²) in [4.78, 5) is 11.9. The number of hydrogen-bond donors (Lipinski definition) is 2. The molecule has 0 bridgehead atoms. The Morgan fingerprint density at radius 2 is 1.84 bits per heavy atom. The van der Waals surface area contributed by atoms with Gasteiger partial charge in [0.1, 0.15) is 23.2 Å². The van der Waals surface area contributed by atoms with Crippen molar-refractivity contribution in [3.05, 3.63) is 59.2 Å². The molecule has 0 amide bonds. The fourth-order valence-electron chi connectivity index (χ4n) is 2.35. The van der Waals surface area contributed by atoms with E-state index in [1.807, 2.05) is 30.3 Å². The first-order valence-corrected chi connectivity index (χ1v) is 5.96. The molecular weight excluding hydrogens is 244 g/mol. The normalized spacial score (nSPS) is 17.7. The second-order valence-corrected chi connectivity index (χ2v) is 4.51. The van der Waals surface area contributed by atoms with E-state index in [9.17, 15) is 15.0 Å². The maximum atomic E-state index is 11.9. The highest BCUT2D eigenvalue weighted by Gasteiger charge is 2.30. The number of benzene rings is 2. The van der Waals surface area contributed by atoms with Crippen LogP contribution in [0.15, 0.2) is 42.5 Å². The summed E-state index contributed by atoms with van der Waals surface area (Å²) in [6.45, 7) is 0. The molecule has 2 aromatic rings. The van der Waals surface area contributed by atoms with Crippen LogP contribution in [0.3, 0.4) is 0 Å². The van der Waals surface area contributed by atoms with Crippen molar-refractivity contribution in [3.8, 4) is 11.5 Å². The fraction of sp³-hybridized carbons (Fsp3) is 0.133. The molecule has 0 aliphatic carbocycles. The molecule has 1 heterocycles. The van der Waals surface area contributed by atoms with Crippen LogP contribution in [0.5, 0.6) is 11.5 Å². The smallest absolute Gasteiger partial charge is 0.342 e. The van der Waals surface area contributed by atoms with Crippen molar-refractivity contribution >= 4 is 5.97 Å². The van der Waals surface area contributed by atoms with Gasteiger partial charge in [-0.3, -0.25) is 0 Å². The van der Waals surface area contributed by atoms with Gasteiger partial charge in [-0.15, -0.1) is 0 Å². The Labute approximate surface area is 109 Å². The monoisotopic (exact) mass is 256 g/mol. The lowest BCUT2D eigenvalue weighted by Gasteiger charge is -2.25. The number of rotatable bonds is 1. The van der Waals surface area contributed by atoms with Gasteiger partial charge in [0.25, 0.3) is 0 Å². The molecule has 96 valence electrons. The number of carbonyl (C=O) groups is 1. The molecule has 0 saturated carbocycles. The Bertz CT molecular complexity index is 634. The summed E-state index contributed by atoms with van der Waals surface area (Å²) in [6.07, 6.45) is 0.0509. The predicted molar refractivity (Wildman–Crippen MR) is 68.1 cm³/mol. The summed E-state index contributed by atoms with van der Waals surface area (Å²) in [6, 6.07) is 12.0. The highest BCUT2D eigenvalue weighted by Crippen LogP contribution is 2.36. The van der Waals surface area contributed by atoms with E-state index in [4.69, 9.17) is 4.74 Å². The van der Waals surface area contributed by atoms with Crippen LogP contribution in [0.25, 0.3) is 0 Å². The first-order valence-electron chi connectivity index (χ1n) is 5.96. The maximum absolute atomic E-state index is 11.9. The topological polar surface area (TPSA) is 66.8 Å². The first kappa shape index (κ1) is 11.6. The van der Waals surface area contributed by atoms with Crippen molar-refractivity contribution in [2.75, 3.05) is 0 Å². The third-order valence-electron chi connectivity index (χ3n) is 3.21. The molecule has 2 aromatic carbocycles. The van der Waals surface area contributed by atoms with Crippen molar-refractivity contribution in [1.82, 2.24) is 0 Å². The van der Waals surface area contributed by atoms with E-state index in [-0.39, 0.29) is 23.2 Å². The van der Waals surface area contributed by atoms with Crippen LogP contribution in [0.2, 0.25) is 0 Å². The van der Waals surface area contributed by atoms with Crippen molar-refractivity contribution in [2.45, 2.75) is 12.5 Å². The van der Waals surface area contributed by atoms with Gasteiger partial charge >= 0.3 is 5.97 Å². The number of carbonyl (C=O) groups excluding carboxylic acids is 1. The van der Waals surface area contributed by atoms with Gasteiger partial charge in [0.15, 0.2) is 0 Å². The molecule has 0 aromatic heterocycles. The molecule has 19 heavy (non-hydrogen) atoms. The molecule has 1 atom stereocenters. The highest BCUT2D eigenvalue weighted by atomic mass is 16.5. The number of fused-ring (bicyclic) bond motifs is 1. The van der Waals surface area contributed by atoms with Crippen molar-refractivity contribution < 1.29 is 19.7 Å². The summed E-state index contributed by atoms with van der Waals surface area (Å²) in [7, 11) is 0. The molecule has 0 radical (unpaired) electrons. The standard InChI is InChI=1S/C15H12O4/c16-11-6-10-7-13(9-4-2-1-3-5-9)19-15(18)14(10)12(17)8-11/h1-6,8,13,16-17H,7H2. The van der Waals surface area contributed by atoms with Crippen LogP contribution in [-0.4, -0.2) is 16.2 Å². The molecule has 0 saturated heterocycles. The molecule has 4 heteroatoms. The molecule has 1 aliphatic heterocycles. The number of esters is 1. The second-order valence-electron chi connectivity index (χ2n) is 4.51. The number of phenols is 2. The minimum atomic E-state index is -0.562. The number of cyclic esters (lactones) is 1. The van der Waals surface area contributed by atoms with E-state index < -0.39 is 5.97 Å². The van der Waals surface area contributed by atoms with Gasteiger partial charge < -0.3 is 14.9 Å². The summed E-state index contributed by atoms with van der Waals surface area (Å²) >= 11 is 0. The van der Waals surface area contributed by atoms with E-state index in [0.717, 1.165) is 11.6 Å². The zero-order valence-corrected chi connectivity index (χ0v) is 10.0. The van der Waals surface area contributed by atoms with Gasteiger partial charge in [-0.25, -0.2) is 4.79 Å². The van der Waals surface area contributed by atoms with E-state index in [1.54, 1.807) is 0 Å². The van der Waals surface area contributed by atoms with Gasteiger partial charge in [-0.2, -0.15) is 0 Å². The minimum absolute atomic E-state index is 0.0576. The van der Waals surface area contributed by atoms with Gasteiger partial charge in [-0.1, -0.05) is 30.3 Å².